The molecular weight excluding hydrogens is 312 g/mol. The molecule has 0 aliphatic heterocycles. The SMILES string of the molecule is C=C/C=C(C=C)/C(=C(/NC=O)N(C)C(C)=O)c1ccc(Cl)cc1. The van der Waals surface area contributed by atoms with Gasteiger partial charge in [0.05, 0.1) is 0 Å². The molecule has 0 unspecified atom stereocenters. The molecule has 0 saturated carbocycles. The maximum Gasteiger partial charge on any atom is 0.224 e. The highest BCUT2D eigenvalue weighted by Crippen LogP contribution is 2.29. The average molecular weight is 331 g/mol. The van der Waals surface area contributed by atoms with E-state index in [9.17, 15) is 9.59 Å². The van der Waals surface area contributed by atoms with E-state index in [-0.39, 0.29) is 5.91 Å². The third kappa shape index (κ3) is 4.69. The molecule has 1 N–H and O–H groups in total. The van der Waals surface area contributed by atoms with Crippen molar-refractivity contribution in [1.29, 1.82) is 0 Å². The van der Waals surface area contributed by atoms with Gasteiger partial charge in [0.2, 0.25) is 12.3 Å². The zero-order chi connectivity index (χ0) is 17.4. The van der Waals surface area contributed by atoms with Crippen LogP contribution in [0.25, 0.3) is 5.57 Å². The van der Waals surface area contributed by atoms with E-state index in [1.54, 1.807) is 49.5 Å². The van der Waals surface area contributed by atoms with Crippen molar-refractivity contribution in [3.05, 3.63) is 77.6 Å². The van der Waals surface area contributed by atoms with Gasteiger partial charge in [0, 0.05) is 24.6 Å². The van der Waals surface area contributed by atoms with Gasteiger partial charge in [-0.2, -0.15) is 0 Å². The number of hydrogen-bond acceptors (Lipinski definition) is 2. The molecule has 0 spiro atoms. The Bertz CT molecular complexity index is 673. The van der Waals surface area contributed by atoms with Crippen LogP contribution < -0.4 is 5.32 Å². The normalized spacial score (nSPS) is 12.0. The Morgan fingerprint density at radius 3 is 2.30 bits per heavy atom. The van der Waals surface area contributed by atoms with Gasteiger partial charge in [0.25, 0.3) is 0 Å². The van der Waals surface area contributed by atoms with Gasteiger partial charge >= 0.3 is 0 Å². The summed E-state index contributed by atoms with van der Waals surface area (Å²) in [7, 11) is 1.58. The van der Waals surface area contributed by atoms with Gasteiger partial charge in [-0.15, -0.1) is 0 Å². The molecule has 1 rings (SSSR count). The molecule has 23 heavy (non-hydrogen) atoms. The van der Waals surface area contributed by atoms with E-state index in [2.05, 4.69) is 18.5 Å². The monoisotopic (exact) mass is 330 g/mol. The molecule has 0 atom stereocenters. The predicted molar refractivity (Wildman–Crippen MR) is 94.5 cm³/mol. The topological polar surface area (TPSA) is 49.4 Å². The molecule has 0 aromatic heterocycles. The van der Waals surface area contributed by atoms with Crippen LogP contribution in [0.1, 0.15) is 12.5 Å². The van der Waals surface area contributed by atoms with Crippen LogP contribution in [0.5, 0.6) is 0 Å². The van der Waals surface area contributed by atoms with Crippen LogP contribution in [-0.2, 0) is 9.59 Å². The van der Waals surface area contributed by atoms with Gasteiger partial charge in [0.1, 0.15) is 5.82 Å². The van der Waals surface area contributed by atoms with Crippen LogP contribution in [0.2, 0.25) is 5.02 Å². The number of allylic oxidation sites excluding steroid dienone is 5. The van der Waals surface area contributed by atoms with E-state index in [1.807, 2.05) is 0 Å². The van der Waals surface area contributed by atoms with Crippen molar-refractivity contribution in [2.24, 2.45) is 0 Å². The van der Waals surface area contributed by atoms with Crippen molar-refractivity contribution in [2.45, 2.75) is 6.92 Å². The van der Waals surface area contributed by atoms with Crippen molar-refractivity contribution in [1.82, 2.24) is 10.2 Å². The molecule has 0 aliphatic rings. The van der Waals surface area contributed by atoms with E-state index in [0.29, 0.717) is 28.4 Å². The minimum atomic E-state index is -0.220. The molecule has 1 aromatic rings. The van der Waals surface area contributed by atoms with E-state index < -0.39 is 0 Å². The number of nitrogens with one attached hydrogen (secondary N) is 1. The Hall–Kier alpha value is -2.59. The van der Waals surface area contributed by atoms with Gasteiger partial charge in [-0.05, 0) is 23.3 Å². The van der Waals surface area contributed by atoms with Crippen LogP contribution in [0, 0.1) is 0 Å². The number of hydrogen-bond donors (Lipinski definition) is 1. The number of carbonyl (C=O) groups is 2. The zero-order valence-corrected chi connectivity index (χ0v) is 13.9. The molecule has 0 heterocycles. The van der Waals surface area contributed by atoms with Gasteiger partial charge in [-0.25, -0.2) is 0 Å². The summed E-state index contributed by atoms with van der Waals surface area (Å²) < 4.78 is 0. The first-order chi connectivity index (χ1) is 11.0. The first-order valence-corrected chi connectivity index (χ1v) is 7.24. The average Bonchev–Trinajstić information content (AvgIpc) is 2.54. The third-order valence-corrected chi connectivity index (χ3v) is 3.43. The van der Waals surface area contributed by atoms with Crippen LogP contribution >= 0.6 is 11.6 Å². The van der Waals surface area contributed by atoms with Gasteiger partial charge in [-0.3, -0.25) is 9.59 Å². The summed E-state index contributed by atoms with van der Waals surface area (Å²) in [6.07, 6.45) is 5.52. The standard InChI is InChI=1S/C18H19ClN2O2/c1-5-7-14(6-2)17(15-8-10-16(19)11-9-15)18(20-12-22)21(4)13(3)23/h5-12H,1-2H2,3-4H3,(H,20,22)/b14-7+,18-17+. The number of amides is 2. The lowest BCUT2D eigenvalue weighted by Crippen LogP contribution is -2.32. The summed E-state index contributed by atoms with van der Waals surface area (Å²) >= 11 is 5.94. The summed E-state index contributed by atoms with van der Waals surface area (Å²) in [6, 6.07) is 7.08. The molecule has 1 aromatic carbocycles. The predicted octanol–water partition coefficient (Wildman–Crippen LogP) is 3.53. The fourth-order valence-corrected chi connectivity index (χ4v) is 2.11. The maximum absolute atomic E-state index is 11.8. The second-order valence-electron chi connectivity index (χ2n) is 4.63. The Balaban J connectivity index is 3.73. The highest BCUT2D eigenvalue weighted by atomic mass is 35.5. The number of nitrogens with zero attached hydrogens (tertiary/aromatic N) is 1. The van der Waals surface area contributed by atoms with Crippen molar-refractivity contribution in [3.8, 4) is 0 Å². The van der Waals surface area contributed by atoms with Crippen molar-refractivity contribution >= 4 is 29.5 Å². The molecule has 0 fully saturated rings. The lowest BCUT2D eigenvalue weighted by molar-refractivity contribution is -0.126. The maximum atomic E-state index is 11.8. The van der Waals surface area contributed by atoms with Crippen LogP contribution in [-0.4, -0.2) is 24.3 Å². The molecule has 4 nitrogen and oxygen atoms in total. The summed E-state index contributed by atoms with van der Waals surface area (Å²) in [5.41, 5.74) is 2.13. The Morgan fingerprint density at radius 1 is 1.26 bits per heavy atom. The van der Waals surface area contributed by atoms with Crippen LogP contribution in [0.3, 0.4) is 0 Å². The summed E-state index contributed by atoms with van der Waals surface area (Å²) in [6.45, 7) is 8.89. The van der Waals surface area contributed by atoms with E-state index in [0.717, 1.165) is 5.56 Å². The molecule has 5 heteroatoms. The van der Waals surface area contributed by atoms with E-state index in [4.69, 9.17) is 11.6 Å². The molecule has 120 valence electrons. The van der Waals surface area contributed by atoms with Crippen LogP contribution in [0.4, 0.5) is 0 Å². The highest BCUT2D eigenvalue weighted by molar-refractivity contribution is 6.30. The molecule has 0 aliphatic carbocycles. The number of benzene rings is 1. The lowest BCUT2D eigenvalue weighted by atomic mass is 9.96. The largest absolute Gasteiger partial charge is 0.314 e. The fraction of sp³-hybridized carbons (Fsp3) is 0.111. The zero-order valence-electron chi connectivity index (χ0n) is 13.2. The van der Waals surface area contributed by atoms with E-state index >= 15 is 0 Å². The summed E-state index contributed by atoms with van der Waals surface area (Å²) in [5, 5.41) is 3.19. The first kappa shape index (κ1) is 18.5. The Kier molecular flexibility index (Phi) is 7.03. The highest BCUT2D eigenvalue weighted by Gasteiger charge is 2.18. The van der Waals surface area contributed by atoms with Gasteiger partial charge in [0.15, 0.2) is 0 Å². The molecule has 0 radical (unpaired) electrons. The number of rotatable bonds is 7. The van der Waals surface area contributed by atoms with Crippen molar-refractivity contribution in [2.75, 3.05) is 7.05 Å². The molecular formula is C18H19ClN2O2. The number of halogens is 1. The van der Waals surface area contributed by atoms with Gasteiger partial charge < -0.3 is 10.2 Å². The van der Waals surface area contributed by atoms with E-state index in [1.165, 1.54) is 11.8 Å². The smallest absolute Gasteiger partial charge is 0.224 e. The second-order valence-corrected chi connectivity index (χ2v) is 5.07. The van der Waals surface area contributed by atoms with Crippen molar-refractivity contribution in [3.63, 3.8) is 0 Å². The quantitative estimate of drug-likeness (QED) is 0.614. The lowest BCUT2D eigenvalue weighted by Gasteiger charge is -2.23. The Labute approximate surface area is 141 Å². The Morgan fingerprint density at radius 2 is 1.87 bits per heavy atom. The minimum absolute atomic E-state index is 0.220. The second kappa shape index (κ2) is 8.76. The molecule has 2 amide bonds. The van der Waals surface area contributed by atoms with Crippen molar-refractivity contribution < 1.29 is 9.59 Å². The third-order valence-electron chi connectivity index (χ3n) is 3.18. The van der Waals surface area contributed by atoms with Crippen LogP contribution in [0.15, 0.2) is 67.0 Å². The summed E-state index contributed by atoms with van der Waals surface area (Å²) in [5.74, 6) is 0.130. The minimum Gasteiger partial charge on any atom is -0.314 e. The fourth-order valence-electron chi connectivity index (χ4n) is 1.99. The first-order valence-electron chi connectivity index (χ1n) is 6.86. The number of carbonyl (C=O) groups excluding carboxylic acids is 2. The molecule has 0 bridgehead atoms. The van der Waals surface area contributed by atoms with Gasteiger partial charge in [-0.1, -0.05) is 55.1 Å². The molecule has 0 saturated heterocycles. The summed E-state index contributed by atoms with van der Waals surface area (Å²) in [4.78, 5) is 24.2.